The fourth-order valence-electron chi connectivity index (χ4n) is 1.01. The number of halogens is 1. The quantitative estimate of drug-likeness (QED) is 0.702. The predicted octanol–water partition coefficient (Wildman–Crippen LogP) is -0.227. The van der Waals surface area contributed by atoms with Crippen molar-refractivity contribution < 1.29 is 9.59 Å². The topological polar surface area (TPSA) is 103 Å². The Morgan fingerprint density at radius 3 is 2.93 bits per heavy atom. The highest BCUT2D eigenvalue weighted by molar-refractivity contribution is 6.20. The molecule has 0 saturated heterocycles. The first-order valence-electron chi connectivity index (χ1n) is 4.12. The molecule has 0 spiro atoms. The number of nitrogens with one attached hydrogen (secondary N) is 1. The zero-order valence-electron chi connectivity index (χ0n) is 7.98. The number of aromatic nitrogens is 3. The second-order valence-corrected chi connectivity index (χ2v) is 3.50. The zero-order chi connectivity index (χ0) is 11.4. The molecule has 0 aromatic carbocycles. The summed E-state index contributed by atoms with van der Waals surface area (Å²) in [6.45, 7) is 1.58. The van der Waals surface area contributed by atoms with Gasteiger partial charge in [-0.15, -0.1) is 16.7 Å². The van der Waals surface area contributed by atoms with Gasteiger partial charge >= 0.3 is 6.03 Å². The van der Waals surface area contributed by atoms with Crippen molar-refractivity contribution in [3.8, 4) is 0 Å². The first-order valence-corrected chi connectivity index (χ1v) is 4.56. The number of alkyl halides is 1. The fourth-order valence-corrected chi connectivity index (χ4v) is 1.18. The minimum absolute atomic E-state index is 0.144. The Labute approximate surface area is 90.6 Å². The van der Waals surface area contributed by atoms with E-state index in [9.17, 15) is 9.59 Å². The third-order valence-electron chi connectivity index (χ3n) is 1.61. The fraction of sp³-hybridized carbons (Fsp3) is 0.429. The number of nitrogens with zero attached hydrogens (tertiary/aromatic N) is 3. The van der Waals surface area contributed by atoms with Gasteiger partial charge in [-0.1, -0.05) is 5.21 Å². The van der Waals surface area contributed by atoms with E-state index in [0.717, 1.165) is 0 Å². The predicted molar refractivity (Wildman–Crippen MR) is 52.0 cm³/mol. The van der Waals surface area contributed by atoms with Crippen molar-refractivity contribution in [3.63, 3.8) is 0 Å². The molecule has 0 radical (unpaired) electrons. The molecule has 3 N–H and O–H groups in total. The van der Waals surface area contributed by atoms with Crippen molar-refractivity contribution in [2.45, 2.75) is 18.8 Å². The highest BCUT2D eigenvalue weighted by atomic mass is 35.5. The normalized spacial score (nSPS) is 12.1. The van der Waals surface area contributed by atoms with Gasteiger partial charge in [0.15, 0.2) is 0 Å². The van der Waals surface area contributed by atoms with Gasteiger partial charge in [-0.3, -0.25) is 10.1 Å². The number of rotatable bonds is 3. The summed E-state index contributed by atoms with van der Waals surface area (Å²) >= 11 is 5.81. The van der Waals surface area contributed by atoms with Crippen LogP contribution in [0.15, 0.2) is 6.20 Å². The highest BCUT2D eigenvalue weighted by Gasteiger charge is 2.13. The van der Waals surface area contributed by atoms with E-state index >= 15 is 0 Å². The van der Waals surface area contributed by atoms with Crippen LogP contribution >= 0.6 is 11.6 Å². The molecule has 1 aromatic rings. The van der Waals surface area contributed by atoms with Gasteiger partial charge in [0.25, 0.3) is 0 Å². The van der Waals surface area contributed by atoms with Gasteiger partial charge < -0.3 is 5.73 Å². The minimum Gasteiger partial charge on any atom is -0.351 e. The maximum Gasteiger partial charge on any atom is 0.318 e. The molecule has 7 nitrogen and oxygen atoms in total. The third-order valence-corrected chi connectivity index (χ3v) is 1.83. The van der Waals surface area contributed by atoms with Crippen LogP contribution in [0, 0.1) is 0 Å². The standard InChI is InChI=1S/C7H10ClN5O2/c1-4(8)5-2-10-12-13(5)3-6(14)11-7(9)15/h2,4H,3H2,1H3,(H3,9,11,14,15). The van der Waals surface area contributed by atoms with Crippen molar-refractivity contribution in [2.75, 3.05) is 0 Å². The molecule has 1 aromatic heterocycles. The lowest BCUT2D eigenvalue weighted by atomic mass is 10.3. The van der Waals surface area contributed by atoms with Crippen molar-refractivity contribution in [1.82, 2.24) is 20.3 Å². The summed E-state index contributed by atoms with van der Waals surface area (Å²) in [5.74, 6) is -0.563. The van der Waals surface area contributed by atoms with Gasteiger partial charge in [-0.25, -0.2) is 9.48 Å². The molecule has 8 heteroatoms. The summed E-state index contributed by atoms with van der Waals surface area (Å²) in [4.78, 5) is 21.5. The van der Waals surface area contributed by atoms with Crippen LogP contribution in [0.1, 0.15) is 18.0 Å². The van der Waals surface area contributed by atoms with Gasteiger partial charge in [-0.2, -0.15) is 0 Å². The molecule has 1 atom stereocenters. The Morgan fingerprint density at radius 1 is 1.73 bits per heavy atom. The molecule has 0 saturated carbocycles. The first kappa shape index (κ1) is 11.4. The Balaban J connectivity index is 2.68. The molecule has 1 unspecified atom stereocenters. The molecule has 0 bridgehead atoms. The summed E-state index contributed by atoms with van der Waals surface area (Å²) in [6.07, 6.45) is 1.45. The molecule has 15 heavy (non-hydrogen) atoms. The van der Waals surface area contributed by atoms with Gasteiger partial charge in [0.1, 0.15) is 6.54 Å². The van der Waals surface area contributed by atoms with E-state index in [2.05, 4.69) is 10.3 Å². The maximum absolute atomic E-state index is 11.2. The van der Waals surface area contributed by atoms with Crippen molar-refractivity contribution >= 4 is 23.5 Å². The Kier molecular flexibility index (Phi) is 3.62. The van der Waals surface area contributed by atoms with E-state index in [-0.39, 0.29) is 11.9 Å². The second kappa shape index (κ2) is 4.74. The Morgan fingerprint density at radius 2 is 2.40 bits per heavy atom. The Bertz CT molecular complexity index is 375. The van der Waals surface area contributed by atoms with Crippen LogP contribution in [0.4, 0.5) is 4.79 Å². The van der Waals surface area contributed by atoms with Gasteiger partial charge in [0.05, 0.1) is 17.3 Å². The molecule has 1 rings (SSSR count). The number of imide groups is 1. The van der Waals surface area contributed by atoms with Crippen molar-refractivity contribution in [3.05, 3.63) is 11.9 Å². The highest BCUT2D eigenvalue weighted by Crippen LogP contribution is 2.16. The number of carbonyl (C=O) groups excluding carboxylic acids is 2. The summed E-state index contributed by atoms with van der Waals surface area (Å²) in [7, 11) is 0. The number of hydrogen-bond donors (Lipinski definition) is 2. The lowest BCUT2D eigenvalue weighted by Gasteiger charge is -2.06. The summed E-state index contributed by atoms with van der Waals surface area (Å²) < 4.78 is 1.30. The second-order valence-electron chi connectivity index (χ2n) is 2.84. The molecular weight excluding hydrogens is 222 g/mol. The molecule has 0 aliphatic rings. The Hall–Kier alpha value is -1.63. The van der Waals surface area contributed by atoms with Crippen LogP contribution in [0.2, 0.25) is 0 Å². The smallest absolute Gasteiger partial charge is 0.318 e. The molecule has 0 aliphatic carbocycles. The first-order chi connectivity index (χ1) is 7.00. The third kappa shape index (κ3) is 3.21. The molecular formula is C7H10ClN5O2. The van der Waals surface area contributed by atoms with Gasteiger partial charge in [0, 0.05) is 0 Å². The number of urea groups is 1. The molecule has 0 fully saturated rings. The summed E-state index contributed by atoms with van der Waals surface area (Å²) in [5.41, 5.74) is 5.37. The van der Waals surface area contributed by atoms with Gasteiger partial charge in [-0.05, 0) is 6.92 Å². The number of hydrogen-bond acceptors (Lipinski definition) is 4. The monoisotopic (exact) mass is 231 g/mol. The molecule has 1 heterocycles. The molecule has 82 valence electrons. The summed E-state index contributed by atoms with van der Waals surface area (Å²) in [5, 5.41) is 8.86. The van der Waals surface area contributed by atoms with E-state index in [1.54, 1.807) is 6.92 Å². The largest absolute Gasteiger partial charge is 0.351 e. The van der Waals surface area contributed by atoms with E-state index in [0.29, 0.717) is 5.69 Å². The van der Waals surface area contributed by atoms with Crippen LogP contribution in [0.3, 0.4) is 0 Å². The van der Waals surface area contributed by atoms with Crippen molar-refractivity contribution in [2.24, 2.45) is 5.73 Å². The number of amides is 3. The summed E-state index contributed by atoms with van der Waals surface area (Å²) in [6, 6.07) is -0.902. The van der Waals surface area contributed by atoms with Crippen LogP contribution in [-0.4, -0.2) is 26.9 Å². The number of nitrogens with two attached hydrogens (primary N) is 1. The van der Waals surface area contributed by atoms with E-state index in [1.165, 1.54) is 10.9 Å². The average molecular weight is 232 g/mol. The van der Waals surface area contributed by atoms with E-state index in [1.807, 2.05) is 5.32 Å². The number of primary amides is 1. The molecule has 0 aliphatic heterocycles. The average Bonchev–Trinajstić information content (AvgIpc) is 2.50. The SMILES string of the molecule is CC(Cl)c1cnnn1CC(=O)NC(N)=O. The van der Waals surface area contributed by atoms with Crippen LogP contribution in [-0.2, 0) is 11.3 Å². The molecule has 3 amide bonds. The van der Waals surface area contributed by atoms with E-state index < -0.39 is 11.9 Å². The van der Waals surface area contributed by atoms with Gasteiger partial charge in [0.2, 0.25) is 5.91 Å². The van der Waals surface area contributed by atoms with Crippen LogP contribution in [0.5, 0.6) is 0 Å². The van der Waals surface area contributed by atoms with Crippen LogP contribution < -0.4 is 11.1 Å². The minimum atomic E-state index is -0.902. The lowest BCUT2D eigenvalue weighted by molar-refractivity contribution is -0.120. The number of carbonyl (C=O) groups is 2. The van der Waals surface area contributed by atoms with E-state index in [4.69, 9.17) is 17.3 Å². The van der Waals surface area contributed by atoms with Crippen molar-refractivity contribution in [1.29, 1.82) is 0 Å². The lowest BCUT2D eigenvalue weighted by Crippen LogP contribution is -2.37. The zero-order valence-corrected chi connectivity index (χ0v) is 8.73. The maximum atomic E-state index is 11.2. The van der Waals surface area contributed by atoms with Crippen LogP contribution in [0.25, 0.3) is 0 Å².